The number of aliphatic imine (C=N–C) groups is 1. The molecule has 0 bridgehead atoms. The van der Waals surface area contributed by atoms with Gasteiger partial charge in [0.05, 0.1) is 19.9 Å². The van der Waals surface area contributed by atoms with Gasteiger partial charge >= 0.3 is 0 Å². The van der Waals surface area contributed by atoms with Crippen molar-refractivity contribution in [1.82, 2.24) is 5.32 Å². The van der Waals surface area contributed by atoms with Crippen LogP contribution in [0.25, 0.3) is 5.70 Å². The molecule has 0 aliphatic carbocycles. The van der Waals surface area contributed by atoms with Gasteiger partial charge in [-0.15, -0.1) is 0 Å². The van der Waals surface area contributed by atoms with E-state index in [1.54, 1.807) is 32.4 Å². The van der Waals surface area contributed by atoms with Crippen molar-refractivity contribution < 1.29 is 14.3 Å². The highest BCUT2D eigenvalue weighted by atomic mass is 16.5. The lowest BCUT2D eigenvalue weighted by Crippen LogP contribution is -2.14. The van der Waals surface area contributed by atoms with Gasteiger partial charge in [-0.1, -0.05) is 6.07 Å². The van der Waals surface area contributed by atoms with E-state index in [0.29, 0.717) is 22.8 Å². The molecule has 0 saturated carbocycles. The first-order valence-electron chi connectivity index (χ1n) is 5.29. The number of benzene rings is 1. The van der Waals surface area contributed by atoms with Gasteiger partial charge in [-0.2, -0.15) is 0 Å². The van der Waals surface area contributed by atoms with Gasteiger partial charge in [0.2, 0.25) is 5.91 Å². The molecule has 0 unspecified atom stereocenters. The van der Waals surface area contributed by atoms with Crippen LogP contribution in [0.15, 0.2) is 29.3 Å². The lowest BCUT2D eigenvalue weighted by Gasteiger charge is -2.12. The Morgan fingerprint density at radius 3 is 2.61 bits per heavy atom. The molecule has 1 aromatic rings. The molecule has 1 aromatic carbocycles. The Bertz CT molecular complexity index is 481. The number of nitrogens with one attached hydrogen (secondary N) is 1. The molecule has 0 saturated heterocycles. The van der Waals surface area contributed by atoms with E-state index in [1.165, 1.54) is 13.2 Å². The van der Waals surface area contributed by atoms with Crippen molar-refractivity contribution in [2.45, 2.75) is 0 Å². The maximum Gasteiger partial charge on any atom is 0.245 e. The molecular formula is C13H16N2O3. The zero-order valence-electron chi connectivity index (χ0n) is 10.7. The summed E-state index contributed by atoms with van der Waals surface area (Å²) in [5.74, 6) is 0.825. The van der Waals surface area contributed by atoms with Crippen molar-refractivity contribution in [2.75, 3.05) is 21.3 Å². The van der Waals surface area contributed by atoms with Crippen LogP contribution in [0.2, 0.25) is 0 Å². The summed E-state index contributed by atoms with van der Waals surface area (Å²) < 4.78 is 10.5. The average Bonchev–Trinajstić information content (AvgIpc) is 2.43. The molecule has 0 radical (unpaired) electrons. The quantitative estimate of drug-likeness (QED) is 0.634. The summed E-state index contributed by atoms with van der Waals surface area (Å²) in [4.78, 5) is 15.2. The molecule has 0 aliphatic rings. The molecule has 0 heterocycles. The fourth-order valence-electron chi connectivity index (χ4n) is 1.49. The lowest BCUT2D eigenvalue weighted by atomic mass is 10.1. The second-order valence-electron chi connectivity index (χ2n) is 3.34. The van der Waals surface area contributed by atoms with Crippen molar-refractivity contribution in [3.05, 3.63) is 29.8 Å². The van der Waals surface area contributed by atoms with Gasteiger partial charge in [0.1, 0.15) is 0 Å². The Morgan fingerprint density at radius 1 is 1.39 bits per heavy atom. The third-order valence-electron chi connectivity index (χ3n) is 2.36. The van der Waals surface area contributed by atoms with Crippen molar-refractivity contribution in [3.63, 3.8) is 0 Å². The van der Waals surface area contributed by atoms with Crippen LogP contribution in [0.5, 0.6) is 11.5 Å². The summed E-state index contributed by atoms with van der Waals surface area (Å²) in [7, 11) is 4.62. The first kappa shape index (κ1) is 13.8. The molecule has 1 N–H and O–H groups in total. The van der Waals surface area contributed by atoms with Crippen LogP contribution < -0.4 is 14.8 Å². The van der Waals surface area contributed by atoms with Crippen LogP contribution in [0.1, 0.15) is 5.56 Å². The first-order chi connectivity index (χ1) is 8.67. The van der Waals surface area contributed by atoms with Gasteiger partial charge < -0.3 is 14.8 Å². The smallest absolute Gasteiger partial charge is 0.245 e. The molecule has 0 aromatic heterocycles. The van der Waals surface area contributed by atoms with E-state index in [4.69, 9.17) is 9.47 Å². The predicted octanol–water partition coefficient (Wildman–Crippen LogP) is 1.49. The van der Waals surface area contributed by atoms with Crippen molar-refractivity contribution in [3.8, 4) is 11.5 Å². The van der Waals surface area contributed by atoms with Gasteiger partial charge in [0.25, 0.3) is 0 Å². The SMILES string of the molecule is C=N/C(=C\C(=O)NC)c1cccc(OC)c1OC. The van der Waals surface area contributed by atoms with Gasteiger partial charge in [-0.05, 0) is 18.9 Å². The number of nitrogens with zero attached hydrogens (tertiary/aromatic N) is 1. The van der Waals surface area contributed by atoms with E-state index in [2.05, 4.69) is 17.0 Å². The van der Waals surface area contributed by atoms with E-state index < -0.39 is 0 Å². The number of carbonyl (C=O) groups is 1. The number of amides is 1. The Hall–Kier alpha value is -2.30. The molecule has 5 heteroatoms. The topological polar surface area (TPSA) is 59.9 Å². The molecule has 18 heavy (non-hydrogen) atoms. The predicted molar refractivity (Wildman–Crippen MR) is 71.1 cm³/mol. The Kier molecular flexibility index (Phi) is 4.92. The zero-order chi connectivity index (χ0) is 13.5. The van der Waals surface area contributed by atoms with Crippen LogP contribution in [0.4, 0.5) is 0 Å². The van der Waals surface area contributed by atoms with Crippen molar-refractivity contribution in [1.29, 1.82) is 0 Å². The number of hydrogen-bond donors (Lipinski definition) is 1. The molecule has 0 fully saturated rings. The second kappa shape index (κ2) is 6.44. The largest absolute Gasteiger partial charge is 0.493 e. The second-order valence-corrected chi connectivity index (χ2v) is 3.34. The minimum Gasteiger partial charge on any atom is -0.493 e. The molecule has 1 rings (SSSR count). The van der Waals surface area contributed by atoms with Crippen molar-refractivity contribution in [2.24, 2.45) is 4.99 Å². The van der Waals surface area contributed by atoms with E-state index in [9.17, 15) is 4.79 Å². The third-order valence-corrected chi connectivity index (χ3v) is 2.36. The fraction of sp³-hybridized carbons (Fsp3) is 0.231. The number of para-hydroxylation sites is 1. The molecule has 5 nitrogen and oxygen atoms in total. The lowest BCUT2D eigenvalue weighted by molar-refractivity contribution is -0.116. The Balaban J connectivity index is 3.34. The van der Waals surface area contributed by atoms with Crippen LogP contribution in [-0.4, -0.2) is 33.9 Å². The van der Waals surface area contributed by atoms with Gasteiger partial charge in [0, 0.05) is 18.7 Å². The number of methoxy groups -OCH3 is 2. The summed E-state index contributed by atoms with van der Waals surface area (Å²) in [6.45, 7) is 3.46. The van der Waals surface area contributed by atoms with Crippen LogP contribution in [-0.2, 0) is 4.79 Å². The van der Waals surface area contributed by atoms with Crippen molar-refractivity contribution >= 4 is 18.3 Å². The highest BCUT2D eigenvalue weighted by Gasteiger charge is 2.13. The summed E-state index contributed by atoms with van der Waals surface area (Å²) >= 11 is 0. The summed E-state index contributed by atoms with van der Waals surface area (Å²) in [6, 6.07) is 5.34. The number of likely N-dealkylation sites (N-methyl/N-ethyl adjacent to an activating group) is 1. The summed E-state index contributed by atoms with van der Waals surface area (Å²) in [6.07, 6.45) is 1.35. The molecule has 0 spiro atoms. The minimum atomic E-state index is -0.262. The summed E-state index contributed by atoms with van der Waals surface area (Å²) in [5.41, 5.74) is 1.07. The van der Waals surface area contributed by atoms with E-state index in [1.807, 2.05) is 0 Å². The van der Waals surface area contributed by atoms with E-state index in [-0.39, 0.29) is 5.91 Å². The fourth-order valence-corrected chi connectivity index (χ4v) is 1.49. The van der Waals surface area contributed by atoms with Crippen LogP contribution in [0, 0.1) is 0 Å². The highest BCUT2D eigenvalue weighted by Crippen LogP contribution is 2.35. The normalized spacial score (nSPS) is 10.7. The standard InChI is InChI=1S/C13H16N2O3/c1-14-10(8-12(16)15-2)9-6-5-7-11(17-3)13(9)18-4/h5-8H,1H2,2-4H3,(H,15,16)/b10-8-. The highest BCUT2D eigenvalue weighted by molar-refractivity contribution is 5.96. The number of rotatable bonds is 5. The number of ether oxygens (including phenoxy) is 2. The van der Waals surface area contributed by atoms with Gasteiger partial charge in [-0.3, -0.25) is 9.79 Å². The van der Waals surface area contributed by atoms with Crippen LogP contribution >= 0.6 is 0 Å². The first-order valence-corrected chi connectivity index (χ1v) is 5.29. The monoisotopic (exact) mass is 248 g/mol. The average molecular weight is 248 g/mol. The van der Waals surface area contributed by atoms with Crippen LogP contribution in [0.3, 0.4) is 0 Å². The maximum absolute atomic E-state index is 11.4. The number of carbonyl (C=O) groups excluding carboxylic acids is 1. The summed E-state index contributed by atoms with van der Waals surface area (Å²) in [5, 5.41) is 2.49. The minimum absolute atomic E-state index is 0.262. The molecule has 0 atom stereocenters. The molecule has 1 amide bonds. The maximum atomic E-state index is 11.4. The molecular weight excluding hydrogens is 232 g/mol. The molecule has 0 aliphatic heterocycles. The molecule has 96 valence electrons. The van der Waals surface area contributed by atoms with Gasteiger partial charge in [0.15, 0.2) is 11.5 Å². The number of hydrogen-bond acceptors (Lipinski definition) is 4. The van der Waals surface area contributed by atoms with E-state index in [0.717, 1.165) is 0 Å². The third kappa shape index (κ3) is 2.88. The Labute approximate surface area is 106 Å². The van der Waals surface area contributed by atoms with E-state index >= 15 is 0 Å². The Morgan fingerprint density at radius 2 is 2.11 bits per heavy atom. The zero-order valence-corrected chi connectivity index (χ0v) is 10.7. The van der Waals surface area contributed by atoms with Gasteiger partial charge in [-0.25, -0.2) is 0 Å².